The number of unbranched alkanes of at least 4 members (excludes halogenated alkanes) is 3. The van der Waals surface area contributed by atoms with Crippen molar-refractivity contribution >= 4 is 26.4 Å². The normalized spacial score (nSPS) is 12.3. The van der Waals surface area contributed by atoms with Gasteiger partial charge in [0.05, 0.1) is 6.61 Å². The minimum atomic E-state index is -1.86. The lowest BCUT2D eigenvalue weighted by atomic mass is 10.0. The van der Waals surface area contributed by atoms with E-state index in [1.165, 1.54) is 14.0 Å². The molecule has 0 saturated carbocycles. The Bertz CT molecular complexity index is 440. The molecule has 4 amide bonds. The van der Waals surface area contributed by atoms with E-state index in [-0.39, 0.29) is 30.9 Å². The van der Waals surface area contributed by atoms with Crippen molar-refractivity contribution in [1.82, 2.24) is 10.6 Å². The van der Waals surface area contributed by atoms with Crippen LogP contribution in [-0.2, 0) is 18.6 Å². The number of urea groups is 1. The van der Waals surface area contributed by atoms with Gasteiger partial charge in [-0.15, -0.1) is 0 Å². The highest BCUT2D eigenvalue weighted by Gasteiger charge is 2.12. The Morgan fingerprint density at radius 2 is 1.62 bits per heavy atom. The van der Waals surface area contributed by atoms with Crippen LogP contribution in [0.1, 0.15) is 51.9 Å². The lowest BCUT2D eigenvalue weighted by molar-refractivity contribution is -0.121. The van der Waals surface area contributed by atoms with Gasteiger partial charge in [0.15, 0.2) is 0 Å². The molecule has 12 heteroatoms. The number of primary amides is 2. The van der Waals surface area contributed by atoms with Crippen molar-refractivity contribution in [2.75, 3.05) is 33.4 Å². The fourth-order valence-corrected chi connectivity index (χ4v) is 2.57. The van der Waals surface area contributed by atoms with Gasteiger partial charge in [-0.25, -0.2) is 4.79 Å². The Morgan fingerprint density at radius 1 is 1.03 bits per heavy atom. The summed E-state index contributed by atoms with van der Waals surface area (Å²) in [5.74, 6) is -0.354. The molecular weight excluding hydrogens is 403 g/mol. The summed E-state index contributed by atoms with van der Waals surface area (Å²) in [7, 11) is -0.494. The molecule has 11 nitrogen and oxygen atoms in total. The summed E-state index contributed by atoms with van der Waals surface area (Å²) in [6.45, 7) is 2.69. The Labute approximate surface area is 173 Å². The van der Waals surface area contributed by atoms with E-state index in [0.29, 0.717) is 19.5 Å². The molecule has 29 heavy (non-hydrogen) atoms. The van der Waals surface area contributed by atoms with Gasteiger partial charge in [-0.2, -0.15) is 0 Å². The lowest BCUT2D eigenvalue weighted by Crippen LogP contribution is -2.30. The van der Waals surface area contributed by atoms with Crippen molar-refractivity contribution in [3.63, 3.8) is 0 Å². The highest BCUT2D eigenvalue weighted by Crippen LogP contribution is 2.32. The number of hydrogen-bond donors (Lipinski definition) is 6. The molecule has 0 aliphatic heterocycles. The first-order valence-corrected chi connectivity index (χ1v) is 10.7. The topological polar surface area (TPSA) is 186 Å². The van der Waals surface area contributed by atoms with Gasteiger partial charge in [0.2, 0.25) is 11.8 Å². The van der Waals surface area contributed by atoms with E-state index in [0.717, 1.165) is 38.5 Å². The van der Waals surface area contributed by atoms with E-state index >= 15 is 0 Å². The third kappa shape index (κ3) is 26.5. The molecular formula is C17H37N4O7P. The van der Waals surface area contributed by atoms with Crippen LogP contribution in [0, 0.1) is 5.92 Å². The molecule has 0 bridgehead atoms. The van der Waals surface area contributed by atoms with Gasteiger partial charge in [-0.3, -0.25) is 9.59 Å². The van der Waals surface area contributed by atoms with E-state index in [1.807, 2.05) is 0 Å². The van der Waals surface area contributed by atoms with Gasteiger partial charge < -0.3 is 41.1 Å². The van der Waals surface area contributed by atoms with E-state index in [1.54, 1.807) is 0 Å². The number of nitrogens with one attached hydrogen (secondary N) is 2. The number of rotatable bonds is 16. The first kappa shape index (κ1) is 29.7. The third-order valence-electron chi connectivity index (χ3n) is 3.58. The van der Waals surface area contributed by atoms with Crippen molar-refractivity contribution in [2.45, 2.75) is 51.9 Å². The standard InChI is InChI=1S/C15H32N3O6P.C2H5NO/c1-23-25(22)24-12-13(11-19)7-4-6-9-17-14(20)8-3-2-5-10-18-15(16)21;1-2(3)4/h13,19,22H,2-12H2,1H3,(H,17,20)(H3,16,18,21);1H3,(H2,3,4). The summed E-state index contributed by atoms with van der Waals surface area (Å²) in [6.07, 6.45) is 5.35. The first-order valence-electron chi connectivity index (χ1n) is 9.55. The maximum atomic E-state index is 11.6. The summed E-state index contributed by atoms with van der Waals surface area (Å²) < 4.78 is 9.69. The average molecular weight is 440 g/mol. The second kappa shape index (κ2) is 21.2. The fourth-order valence-electron chi connectivity index (χ4n) is 2.12. The van der Waals surface area contributed by atoms with Crippen LogP contribution in [0.5, 0.6) is 0 Å². The minimum absolute atomic E-state index is 0.0101. The number of aliphatic hydroxyl groups is 1. The molecule has 0 fully saturated rings. The molecule has 2 unspecified atom stereocenters. The molecule has 0 aromatic carbocycles. The summed E-state index contributed by atoms with van der Waals surface area (Å²) in [6, 6.07) is -0.524. The molecule has 0 rings (SSSR count). The Morgan fingerprint density at radius 3 is 2.17 bits per heavy atom. The third-order valence-corrected chi connectivity index (χ3v) is 4.26. The van der Waals surface area contributed by atoms with Crippen molar-refractivity contribution in [2.24, 2.45) is 17.4 Å². The Hall–Kier alpha value is -1.52. The number of hydrogen-bond acceptors (Lipinski definition) is 7. The molecule has 0 radical (unpaired) electrons. The highest BCUT2D eigenvalue weighted by molar-refractivity contribution is 7.40. The number of amides is 4. The highest BCUT2D eigenvalue weighted by atomic mass is 31.2. The van der Waals surface area contributed by atoms with E-state index in [4.69, 9.17) is 10.3 Å². The molecule has 0 saturated heterocycles. The van der Waals surface area contributed by atoms with Gasteiger partial charge in [-0.1, -0.05) is 12.8 Å². The van der Waals surface area contributed by atoms with Crippen molar-refractivity contribution in [3.05, 3.63) is 0 Å². The average Bonchev–Trinajstić information content (AvgIpc) is 2.65. The molecule has 8 N–H and O–H groups in total. The lowest BCUT2D eigenvalue weighted by Gasteiger charge is -2.15. The van der Waals surface area contributed by atoms with Crippen molar-refractivity contribution in [1.29, 1.82) is 0 Å². The second-order valence-electron chi connectivity index (χ2n) is 6.32. The van der Waals surface area contributed by atoms with Gasteiger partial charge in [0.25, 0.3) is 0 Å². The Balaban J connectivity index is 0. The van der Waals surface area contributed by atoms with Gasteiger partial charge in [0, 0.05) is 46.1 Å². The monoisotopic (exact) mass is 440 g/mol. The second-order valence-corrected chi connectivity index (χ2v) is 7.42. The molecule has 0 heterocycles. The fraction of sp³-hybridized carbons (Fsp3) is 0.824. The molecule has 0 aliphatic rings. The van der Waals surface area contributed by atoms with Crippen LogP contribution < -0.4 is 22.1 Å². The van der Waals surface area contributed by atoms with Crippen LogP contribution in [-0.4, -0.2) is 61.3 Å². The van der Waals surface area contributed by atoms with E-state index in [9.17, 15) is 24.4 Å². The number of aliphatic hydroxyl groups excluding tert-OH is 1. The summed E-state index contributed by atoms with van der Waals surface area (Å²) in [5, 5.41) is 14.6. The summed E-state index contributed by atoms with van der Waals surface area (Å²) in [4.78, 5) is 40.5. The van der Waals surface area contributed by atoms with Crippen LogP contribution in [0.2, 0.25) is 0 Å². The van der Waals surface area contributed by atoms with Crippen LogP contribution >= 0.6 is 8.60 Å². The minimum Gasteiger partial charge on any atom is -0.396 e. The summed E-state index contributed by atoms with van der Waals surface area (Å²) in [5.41, 5.74) is 9.42. The quantitative estimate of drug-likeness (QED) is 0.149. The zero-order valence-corrected chi connectivity index (χ0v) is 18.3. The van der Waals surface area contributed by atoms with Crippen LogP contribution in [0.25, 0.3) is 0 Å². The maximum absolute atomic E-state index is 11.6. The zero-order valence-electron chi connectivity index (χ0n) is 17.4. The molecule has 0 aromatic rings. The van der Waals surface area contributed by atoms with Crippen molar-refractivity contribution < 1.29 is 33.4 Å². The van der Waals surface area contributed by atoms with Gasteiger partial charge in [0.1, 0.15) is 0 Å². The number of carbonyl (C=O) groups is 3. The molecule has 0 aromatic heterocycles. The molecule has 0 aliphatic carbocycles. The zero-order chi connectivity index (χ0) is 22.5. The number of nitrogens with two attached hydrogens (primary N) is 2. The van der Waals surface area contributed by atoms with E-state index < -0.39 is 14.6 Å². The largest absolute Gasteiger partial charge is 0.396 e. The van der Waals surface area contributed by atoms with Gasteiger partial charge in [-0.05, 0) is 25.7 Å². The summed E-state index contributed by atoms with van der Waals surface area (Å²) >= 11 is 0. The SMILES string of the molecule is CC(N)=O.COP(O)OCC(CO)CCCCNC(=O)CCCCCNC(N)=O. The van der Waals surface area contributed by atoms with Gasteiger partial charge >= 0.3 is 14.6 Å². The number of carbonyl (C=O) groups excluding carboxylic acids is 3. The Kier molecular flexibility index (Phi) is 21.7. The predicted octanol–water partition coefficient (Wildman–Crippen LogP) is 0.484. The predicted molar refractivity (Wildman–Crippen MR) is 110 cm³/mol. The smallest absolute Gasteiger partial charge is 0.329 e. The van der Waals surface area contributed by atoms with E-state index in [2.05, 4.69) is 20.9 Å². The molecule has 2 atom stereocenters. The molecule has 172 valence electrons. The van der Waals surface area contributed by atoms with Crippen LogP contribution in [0.3, 0.4) is 0 Å². The van der Waals surface area contributed by atoms with Crippen LogP contribution in [0.4, 0.5) is 4.79 Å². The molecule has 0 spiro atoms. The first-order chi connectivity index (χ1) is 13.7. The van der Waals surface area contributed by atoms with Crippen LogP contribution in [0.15, 0.2) is 0 Å². The van der Waals surface area contributed by atoms with Crippen molar-refractivity contribution in [3.8, 4) is 0 Å². The maximum Gasteiger partial charge on any atom is 0.329 e.